The summed E-state index contributed by atoms with van der Waals surface area (Å²) in [6.07, 6.45) is 0. The number of hydrogen-bond donors (Lipinski definition) is 1. The van der Waals surface area contributed by atoms with Gasteiger partial charge in [0.1, 0.15) is 0 Å². The topological polar surface area (TPSA) is 28.7 Å². The fourth-order valence-electron chi connectivity index (χ4n) is 1.63. The number of fused-ring (bicyclic) bond motifs is 1. The van der Waals surface area contributed by atoms with Crippen molar-refractivity contribution in [1.82, 2.24) is 9.97 Å². The molecule has 0 amide bonds. The van der Waals surface area contributed by atoms with E-state index in [2.05, 4.69) is 16.0 Å². The van der Waals surface area contributed by atoms with Gasteiger partial charge in [-0.2, -0.15) is 30.3 Å². The molecule has 0 fully saturated rings. The molecule has 0 unspecified atom stereocenters. The summed E-state index contributed by atoms with van der Waals surface area (Å²) in [5.41, 5.74) is 3.13. The monoisotopic (exact) mass is 282 g/mol. The first-order valence-electron chi connectivity index (χ1n) is 4.85. The Labute approximate surface area is 119 Å². The van der Waals surface area contributed by atoms with Crippen molar-refractivity contribution in [3.05, 3.63) is 54.6 Å². The van der Waals surface area contributed by atoms with Gasteiger partial charge in [0, 0.05) is 32.7 Å². The average molecular weight is 282 g/mol. The van der Waals surface area contributed by atoms with Gasteiger partial charge in [-0.25, -0.2) is 4.98 Å². The van der Waals surface area contributed by atoms with E-state index >= 15 is 0 Å². The normalized spacial score (nSPS) is 10.0. The van der Waals surface area contributed by atoms with Crippen LogP contribution in [0.25, 0.3) is 22.4 Å². The second kappa shape index (κ2) is 4.90. The van der Waals surface area contributed by atoms with Gasteiger partial charge in [-0.3, -0.25) is 0 Å². The molecule has 16 heavy (non-hydrogen) atoms. The summed E-state index contributed by atoms with van der Waals surface area (Å²) in [7, 11) is 0. The summed E-state index contributed by atoms with van der Waals surface area (Å²) in [5.74, 6) is 0.896. The molecule has 1 heterocycles. The number of H-pyrrole nitrogens is 1. The molecule has 2 aromatic carbocycles. The van der Waals surface area contributed by atoms with E-state index in [1.54, 1.807) is 0 Å². The number of hydrogen-bond acceptors (Lipinski definition) is 1. The fourth-order valence-corrected chi connectivity index (χ4v) is 1.63. The van der Waals surface area contributed by atoms with Gasteiger partial charge in [-0.15, -0.1) is 0 Å². The first-order chi connectivity index (χ1) is 7.43. The molecule has 3 aromatic rings. The number of nitrogens with zero attached hydrogens (tertiary/aromatic N) is 1. The van der Waals surface area contributed by atoms with E-state index in [9.17, 15) is 0 Å². The van der Waals surface area contributed by atoms with Crippen molar-refractivity contribution < 1.29 is 32.7 Å². The first kappa shape index (κ1) is 11.5. The zero-order chi connectivity index (χ0) is 10.1. The number of imidazole rings is 1. The predicted molar refractivity (Wildman–Crippen MR) is 60.4 cm³/mol. The van der Waals surface area contributed by atoms with Gasteiger partial charge in [0.05, 0.1) is 16.9 Å². The van der Waals surface area contributed by atoms with Crippen LogP contribution in [-0.2, 0) is 32.7 Å². The summed E-state index contributed by atoms with van der Waals surface area (Å²) in [6.45, 7) is 0. The molecule has 75 valence electrons. The van der Waals surface area contributed by atoms with Crippen LogP contribution in [0, 0.1) is 6.07 Å². The molecule has 0 spiro atoms. The number of nitrogens with one attached hydrogen (secondary N) is 1. The van der Waals surface area contributed by atoms with E-state index in [1.165, 1.54) is 0 Å². The van der Waals surface area contributed by atoms with Crippen molar-refractivity contribution in [3.8, 4) is 11.4 Å². The Kier molecular flexibility index (Phi) is 3.52. The van der Waals surface area contributed by atoms with Crippen LogP contribution in [0.15, 0.2) is 48.5 Å². The first-order valence-corrected chi connectivity index (χ1v) is 4.85. The molecule has 0 saturated heterocycles. The Hall–Kier alpha value is -0.986. The van der Waals surface area contributed by atoms with E-state index in [1.807, 2.05) is 48.5 Å². The van der Waals surface area contributed by atoms with E-state index in [0.29, 0.717) is 0 Å². The minimum atomic E-state index is 0. The van der Waals surface area contributed by atoms with E-state index in [-0.39, 0.29) is 32.7 Å². The predicted octanol–water partition coefficient (Wildman–Crippen LogP) is 3.03. The minimum absolute atomic E-state index is 0. The molecule has 2 nitrogen and oxygen atoms in total. The van der Waals surface area contributed by atoms with Crippen LogP contribution in [0.3, 0.4) is 0 Å². The van der Waals surface area contributed by atoms with Gasteiger partial charge in [0.25, 0.3) is 0 Å². The van der Waals surface area contributed by atoms with Crippen LogP contribution in [0.2, 0.25) is 0 Å². The maximum Gasteiger partial charge on any atom is 0.0876 e. The zero-order valence-corrected chi connectivity index (χ0v) is 11.5. The zero-order valence-electron chi connectivity index (χ0n) is 8.64. The quantitative estimate of drug-likeness (QED) is 0.683. The molecular formula is C13H9N2Y-. The third kappa shape index (κ3) is 2.09. The third-order valence-electron chi connectivity index (χ3n) is 2.37. The maximum absolute atomic E-state index is 4.51. The van der Waals surface area contributed by atoms with E-state index in [0.717, 1.165) is 22.4 Å². The second-order valence-corrected chi connectivity index (χ2v) is 3.39. The van der Waals surface area contributed by atoms with E-state index in [4.69, 9.17) is 0 Å². The van der Waals surface area contributed by atoms with Gasteiger partial charge >= 0.3 is 0 Å². The summed E-state index contributed by atoms with van der Waals surface area (Å²) >= 11 is 0. The Bertz CT molecular complexity index is 554. The molecule has 3 rings (SSSR count). The second-order valence-electron chi connectivity index (χ2n) is 3.39. The Morgan fingerprint density at radius 1 is 1.06 bits per heavy atom. The van der Waals surface area contributed by atoms with Gasteiger partial charge in [-0.05, 0) is 12.1 Å². The molecule has 1 aromatic heterocycles. The molecule has 0 aliphatic carbocycles. The average Bonchev–Trinajstić information content (AvgIpc) is 2.74. The van der Waals surface area contributed by atoms with Gasteiger partial charge < -0.3 is 4.98 Å². The van der Waals surface area contributed by atoms with Crippen LogP contribution >= 0.6 is 0 Å². The summed E-state index contributed by atoms with van der Waals surface area (Å²) in [5, 5.41) is 0. The molecule has 0 atom stereocenters. The molecular weight excluding hydrogens is 273 g/mol. The third-order valence-corrected chi connectivity index (χ3v) is 2.37. The number of benzene rings is 2. The molecule has 0 bridgehead atoms. The standard InChI is InChI=1S/C13H9N2.Y/c1-2-6-10(7-3-1)13-14-11-8-4-5-9-12(11)15-13;/h1-2,4-9H,(H,14,15);/q-1;. The van der Waals surface area contributed by atoms with Crippen molar-refractivity contribution in [2.75, 3.05) is 0 Å². The SMILES string of the molecule is [Y].[c-]1cccc(-c2nc3ccccc3[nH]2)c1. The molecule has 1 radical (unpaired) electrons. The Balaban J connectivity index is 0.000000963. The van der Waals surface area contributed by atoms with Crippen molar-refractivity contribution >= 4 is 11.0 Å². The molecule has 3 heteroatoms. The number of rotatable bonds is 1. The molecule has 0 aliphatic rings. The van der Waals surface area contributed by atoms with Crippen LogP contribution in [0.5, 0.6) is 0 Å². The minimum Gasteiger partial charge on any atom is -0.348 e. The summed E-state index contributed by atoms with van der Waals surface area (Å²) < 4.78 is 0. The summed E-state index contributed by atoms with van der Waals surface area (Å²) in [4.78, 5) is 7.79. The molecule has 1 N–H and O–H groups in total. The Morgan fingerprint density at radius 3 is 2.69 bits per heavy atom. The fraction of sp³-hybridized carbons (Fsp3) is 0. The van der Waals surface area contributed by atoms with Gasteiger partial charge in [0.15, 0.2) is 0 Å². The van der Waals surface area contributed by atoms with Crippen LogP contribution in [0.4, 0.5) is 0 Å². The Morgan fingerprint density at radius 2 is 1.94 bits per heavy atom. The molecule has 0 aliphatic heterocycles. The number of aromatic amines is 1. The molecule has 0 saturated carbocycles. The van der Waals surface area contributed by atoms with Gasteiger partial charge in [0.2, 0.25) is 0 Å². The largest absolute Gasteiger partial charge is 0.348 e. The van der Waals surface area contributed by atoms with E-state index < -0.39 is 0 Å². The van der Waals surface area contributed by atoms with Crippen molar-refractivity contribution in [3.63, 3.8) is 0 Å². The van der Waals surface area contributed by atoms with Gasteiger partial charge in [-0.1, -0.05) is 17.7 Å². The maximum atomic E-state index is 4.51. The summed E-state index contributed by atoms with van der Waals surface area (Å²) in [6, 6.07) is 18.9. The number of aromatic nitrogens is 2. The van der Waals surface area contributed by atoms with Crippen LogP contribution in [0.1, 0.15) is 0 Å². The smallest absolute Gasteiger partial charge is 0.0876 e. The van der Waals surface area contributed by atoms with Crippen LogP contribution in [-0.4, -0.2) is 9.97 Å². The van der Waals surface area contributed by atoms with Crippen molar-refractivity contribution in [1.29, 1.82) is 0 Å². The van der Waals surface area contributed by atoms with Crippen molar-refractivity contribution in [2.24, 2.45) is 0 Å². The van der Waals surface area contributed by atoms with Crippen molar-refractivity contribution in [2.45, 2.75) is 0 Å². The number of para-hydroxylation sites is 2. The van der Waals surface area contributed by atoms with Crippen LogP contribution < -0.4 is 0 Å².